The van der Waals surface area contributed by atoms with Crippen molar-refractivity contribution in [3.8, 4) is 34.2 Å². The molecule has 0 atom stereocenters. The molecule has 4 nitrogen and oxygen atoms in total. The van der Waals surface area contributed by atoms with Crippen LogP contribution in [0, 0.1) is 0 Å². The van der Waals surface area contributed by atoms with Gasteiger partial charge >= 0.3 is 0 Å². The number of hydrogen-bond acceptors (Lipinski definition) is 4. The highest BCUT2D eigenvalue weighted by Gasteiger charge is 2.17. The zero-order chi connectivity index (χ0) is 44.0. The minimum absolute atomic E-state index is 0.279. The molecule has 0 aliphatic carbocycles. The summed E-state index contributed by atoms with van der Waals surface area (Å²) >= 11 is 0. The fourth-order valence-electron chi connectivity index (χ4n) is 4.23. The molecular weight excluding hydrogens is 478 g/mol. The van der Waals surface area contributed by atoms with Crippen LogP contribution >= 0.6 is 0 Å². The Labute approximate surface area is 253 Å². The van der Waals surface area contributed by atoms with E-state index in [1.165, 1.54) is 0 Å². The van der Waals surface area contributed by atoms with E-state index in [0.717, 1.165) is 0 Å². The predicted molar refractivity (Wildman–Crippen MR) is 158 cm³/mol. The summed E-state index contributed by atoms with van der Waals surface area (Å²) in [5, 5.41) is -2.26. The second-order valence-electron chi connectivity index (χ2n) is 8.07. The predicted octanol–water partition coefficient (Wildman–Crippen LogP) is 9.08. The van der Waals surface area contributed by atoms with Crippen LogP contribution in [0.15, 0.2) is 131 Å². The highest BCUT2D eigenvalue weighted by atomic mass is 16.3. The molecule has 39 heavy (non-hydrogen) atoms. The first-order chi connectivity index (χ1) is 28.1. The van der Waals surface area contributed by atoms with Crippen LogP contribution < -0.4 is 0 Å². The number of rotatable bonds is 3. The second-order valence-corrected chi connectivity index (χ2v) is 8.07. The van der Waals surface area contributed by atoms with Crippen molar-refractivity contribution >= 4 is 43.5 Å². The van der Waals surface area contributed by atoms with Crippen molar-refractivity contribution in [3.63, 3.8) is 0 Å². The van der Waals surface area contributed by atoms with Crippen LogP contribution in [0.1, 0.15) is 28.8 Å². The number of hydrogen-bond donors (Lipinski definition) is 0. The first-order valence-electron chi connectivity index (χ1n) is 21.7. The Hall–Kier alpha value is -5.35. The standard InChI is InChI=1S/C35H21N3O/c1-3-11-22(12-4-1)33-36-34(23-13-5-2-6-14-23)38-35(37-33)24-19-20-26-29(21-24)25-15-7-8-16-27(25)32-31(26)28-17-9-10-18-30(28)39-32/h1-21H/i1D,2D,3D,4D,5D,6D,7D,8D,9D,10D,11D,12D,13D,14D,15D,16D,17D,18D,19D,20D,21D. The molecule has 0 aliphatic heterocycles. The Morgan fingerprint density at radius 2 is 0.974 bits per heavy atom. The third-order valence-electron chi connectivity index (χ3n) is 5.87. The molecule has 8 rings (SSSR count). The first-order valence-corrected chi connectivity index (χ1v) is 11.2. The molecule has 0 saturated heterocycles. The number of benzene rings is 6. The van der Waals surface area contributed by atoms with Crippen LogP contribution in [0.3, 0.4) is 0 Å². The van der Waals surface area contributed by atoms with Crippen LogP contribution in [-0.4, -0.2) is 15.0 Å². The molecule has 0 N–H and O–H groups in total. The second kappa shape index (κ2) is 8.61. The van der Waals surface area contributed by atoms with E-state index in [-0.39, 0.29) is 16.2 Å². The quantitative estimate of drug-likeness (QED) is 0.218. The van der Waals surface area contributed by atoms with Crippen molar-refractivity contribution in [1.29, 1.82) is 0 Å². The monoisotopic (exact) mass is 520 g/mol. The minimum atomic E-state index is -0.866. The Bertz CT molecular complexity index is 3200. The maximum Gasteiger partial charge on any atom is 0.164 e. The van der Waals surface area contributed by atoms with Gasteiger partial charge < -0.3 is 4.42 Å². The highest BCUT2D eigenvalue weighted by Crippen LogP contribution is 2.41. The van der Waals surface area contributed by atoms with Gasteiger partial charge in [-0.1, -0.05) is 115 Å². The average molecular weight is 521 g/mol. The number of aromatic nitrogens is 3. The zero-order valence-corrected chi connectivity index (χ0v) is 19.2. The molecule has 2 heterocycles. The summed E-state index contributed by atoms with van der Waals surface area (Å²) in [6, 6.07) is -16.4. The lowest BCUT2D eigenvalue weighted by Gasteiger charge is -2.11. The molecule has 6 aromatic carbocycles. The number of nitrogens with zero attached hydrogens (tertiary/aromatic N) is 3. The molecule has 2 aromatic heterocycles. The van der Waals surface area contributed by atoms with E-state index in [2.05, 4.69) is 15.0 Å². The van der Waals surface area contributed by atoms with Gasteiger partial charge in [-0.2, -0.15) is 0 Å². The van der Waals surface area contributed by atoms with Crippen LogP contribution in [0.2, 0.25) is 0 Å². The van der Waals surface area contributed by atoms with E-state index in [4.69, 9.17) is 29.1 Å². The van der Waals surface area contributed by atoms with Crippen molar-refractivity contribution in [2.24, 2.45) is 0 Å². The molecule has 0 saturated carbocycles. The Balaban J connectivity index is 1.64. The van der Waals surface area contributed by atoms with Gasteiger partial charge in [0.25, 0.3) is 0 Å². The van der Waals surface area contributed by atoms with E-state index in [1.54, 1.807) is 0 Å². The van der Waals surface area contributed by atoms with Gasteiger partial charge in [0.2, 0.25) is 0 Å². The third-order valence-corrected chi connectivity index (χ3v) is 5.87. The largest absolute Gasteiger partial charge is 0.455 e. The summed E-state index contributed by atoms with van der Waals surface area (Å²) in [6.07, 6.45) is 0. The highest BCUT2D eigenvalue weighted by molar-refractivity contribution is 6.30. The molecule has 0 aliphatic rings. The van der Waals surface area contributed by atoms with E-state index in [9.17, 15) is 4.11 Å². The molecule has 0 radical (unpaired) electrons. The molecule has 0 fully saturated rings. The molecule has 0 amide bonds. The summed E-state index contributed by atoms with van der Waals surface area (Å²) in [6.45, 7) is 0. The maximum atomic E-state index is 9.65. The summed E-state index contributed by atoms with van der Waals surface area (Å²) in [7, 11) is 0. The molecule has 0 spiro atoms. The molecular formula is C35H21N3O. The molecule has 0 unspecified atom stereocenters. The van der Waals surface area contributed by atoms with Crippen molar-refractivity contribution < 1.29 is 33.2 Å². The third kappa shape index (κ3) is 3.50. The van der Waals surface area contributed by atoms with Crippen molar-refractivity contribution in [2.45, 2.75) is 0 Å². The fourth-order valence-corrected chi connectivity index (χ4v) is 4.23. The zero-order valence-electron chi connectivity index (χ0n) is 40.2. The smallest absolute Gasteiger partial charge is 0.164 e. The summed E-state index contributed by atoms with van der Waals surface area (Å²) in [4.78, 5) is 12.8. The molecule has 0 bridgehead atoms. The van der Waals surface area contributed by atoms with Gasteiger partial charge in [0, 0.05) is 32.8 Å². The fraction of sp³-hybridized carbons (Fsp3) is 0. The van der Waals surface area contributed by atoms with Gasteiger partial charge in [-0.25, -0.2) is 15.0 Å². The number of para-hydroxylation sites is 1. The number of fused-ring (bicyclic) bond motifs is 8. The van der Waals surface area contributed by atoms with Gasteiger partial charge in [-0.15, -0.1) is 0 Å². The Kier molecular flexibility index (Phi) is 2.08. The lowest BCUT2D eigenvalue weighted by Crippen LogP contribution is -2.00. The van der Waals surface area contributed by atoms with Crippen molar-refractivity contribution in [2.75, 3.05) is 0 Å². The maximum absolute atomic E-state index is 9.65. The Morgan fingerprint density at radius 3 is 1.64 bits per heavy atom. The van der Waals surface area contributed by atoms with Gasteiger partial charge in [0.1, 0.15) is 11.2 Å². The van der Waals surface area contributed by atoms with E-state index in [1.807, 2.05) is 0 Å². The SMILES string of the molecule is [2H]c1c([2H])c([2H])c(-c2nc(-c3c([2H])c([2H])c([2H])c([2H])c3[2H])nc(-c3c([2H])c([2H])c4c(c3[2H])c3c([2H])c([2H])c([2H])c([2H])c3c3oc5c([2H])c([2H])c([2H])c([2H])c5c34)n2)c([2H])c1[2H]. The molecule has 182 valence electrons. The number of furan rings is 1. The Morgan fingerprint density at radius 1 is 0.436 bits per heavy atom. The molecule has 8 aromatic rings. The summed E-state index contributed by atoms with van der Waals surface area (Å²) in [5.41, 5.74) is -2.81. The van der Waals surface area contributed by atoms with E-state index >= 15 is 0 Å². The van der Waals surface area contributed by atoms with Gasteiger partial charge in [0.05, 0.1) is 28.8 Å². The van der Waals surface area contributed by atoms with Crippen molar-refractivity contribution in [1.82, 2.24) is 15.0 Å². The minimum Gasteiger partial charge on any atom is -0.455 e. The average Bonchev–Trinajstić information content (AvgIpc) is 3.62. The normalized spacial score (nSPS) is 19.1. The van der Waals surface area contributed by atoms with Crippen LogP contribution in [0.5, 0.6) is 0 Å². The van der Waals surface area contributed by atoms with Gasteiger partial charge in [-0.3, -0.25) is 0 Å². The lowest BCUT2D eigenvalue weighted by molar-refractivity contribution is 0.673. The lowest BCUT2D eigenvalue weighted by atomic mass is 9.95. The first kappa shape index (κ1) is 9.44. The van der Waals surface area contributed by atoms with E-state index in [0.29, 0.717) is 0 Å². The van der Waals surface area contributed by atoms with Crippen LogP contribution in [-0.2, 0) is 0 Å². The van der Waals surface area contributed by atoms with Crippen LogP contribution in [0.25, 0.3) is 77.6 Å². The van der Waals surface area contributed by atoms with E-state index < -0.39 is 188 Å². The van der Waals surface area contributed by atoms with Gasteiger partial charge in [-0.05, 0) is 28.2 Å². The van der Waals surface area contributed by atoms with Crippen molar-refractivity contribution in [3.05, 3.63) is 127 Å². The summed E-state index contributed by atoms with van der Waals surface area (Å²) < 4.78 is 187. The topological polar surface area (TPSA) is 51.8 Å². The summed E-state index contributed by atoms with van der Waals surface area (Å²) in [5.74, 6) is -2.22. The molecule has 4 heteroatoms. The van der Waals surface area contributed by atoms with Crippen LogP contribution in [0.4, 0.5) is 0 Å². The van der Waals surface area contributed by atoms with Gasteiger partial charge in [0.15, 0.2) is 17.5 Å².